The number of hydrogen-bond acceptors (Lipinski definition) is 5. The third-order valence-corrected chi connectivity index (χ3v) is 3.52. The fourth-order valence-electron chi connectivity index (χ4n) is 2.04. The van der Waals surface area contributed by atoms with Gasteiger partial charge in [-0.05, 0) is 32.2 Å². The first kappa shape index (κ1) is 15.6. The molecular weight excluding hydrogens is 287 g/mol. The number of para-hydroxylation sites is 1. The molecule has 0 bridgehead atoms. The van der Waals surface area contributed by atoms with E-state index < -0.39 is 0 Å². The SMILES string of the molecule is CCNc1cc(N(CC)c2ccccc2F)nc(SC)n1. The molecule has 0 spiro atoms. The topological polar surface area (TPSA) is 41.0 Å². The van der Waals surface area contributed by atoms with Crippen LogP contribution in [0.4, 0.5) is 21.7 Å². The van der Waals surface area contributed by atoms with Gasteiger partial charge in [-0.25, -0.2) is 14.4 Å². The van der Waals surface area contributed by atoms with Gasteiger partial charge in [-0.15, -0.1) is 0 Å². The van der Waals surface area contributed by atoms with Crippen molar-refractivity contribution in [1.29, 1.82) is 0 Å². The first-order valence-corrected chi connectivity index (χ1v) is 8.11. The molecule has 0 aliphatic carbocycles. The van der Waals surface area contributed by atoms with E-state index in [-0.39, 0.29) is 5.82 Å². The Kier molecular flexibility index (Phi) is 5.38. The predicted octanol–water partition coefficient (Wildman–Crippen LogP) is 3.93. The minimum atomic E-state index is -0.256. The molecule has 0 unspecified atom stereocenters. The number of halogens is 1. The van der Waals surface area contributed by atoms with Crippen LogP contribution in [-0.2, 0) is 0 Å². The second-order valence-electron chi connectivity index (χ2n) is 4.32. The number of rotatable bonds is 6. The molecule has 0 saturated heterocycles. The van der Waals surface area contributed by atoms with Crippen LogP contribution in [-0.4, -0.2) is 29.3 Å². The maximum atomic E-state index is 14.0. The highest BCUT2D eigenvalue weighted by atomic mass is 32.2. The van der Waals surface area contributed by atoms with Crippen LogP contribution in [0, 0.1) is 5.82 Å². The van der Waals surface area contributed by atoms with Gasteiger partial charge < -0.3 is 10.2 Å². The van der Waals surface area contributed by atoms with Gasteiger partial charge in [0.1, 0.15) is 17.5 Å². The second-order valence-corrected chi connectivity index (χ2v) is 5.10. The summed E-state index contributed by atoms with van der Waals surface area (Å²) in [5, 5.41) is 3.85. The number of anilines is 3. The van der Waals surface area contributed by atoms with E-state index in [9.17, 15) is 4.39 Å². The average molecular weight is 306 g/mol. The molecule has 2 aromatic rings. The molecule has 0 aliphatic rings. The van der Waals surface area contributed by atoms with Crippen molar-refractivity contribution in [3.8, 4) is 0 Å². The fraction of sp³-hybridized carbons (Fsp3) is 0.333. The van der Waals surface area contributed by atoms with Crippen LogP contribution in [0.15, 0.2) is 35.5 Å². The van der Waals surface area contributed by atoms with Crippen LogP contribution in [0.5, 0.6) is 0 Å². The van der Waals surface area contributed by atoms with Crippen molar-refractivity contribution in [3.63, 3.8) is 0 Å². The molecular formula is C15H19FN4S. The van der Waals surface area contributed by atoms with Crippen molar-refractivity contribution in [1.82, 2.24) is 9.97 Å². The molecule has 6 heteroatoms. The maximum absolute atomic E-state index is 14.0. The molecule has 2 rings (SSSR count). The van der Waals surface area contributed by atoms with Gasteiger partial charge in [-0.1, -0.05) is 23.9 Å². The standard InChI is InChI=1S/C15H19FN4S/c1-4-17-13-10-14(19-15(18-13)21-3)20(5-2)12-9-7-6-8-11(12)16/h6-10H,4-5H2,1-3H3,(H,17,18,19). The maximum Gasteiger partial charge on any atom is 0.191 e. The lowest BCUT2D eigenvalue weighted by Crippen LogP contribution is -2.19. The van der Waals surface area contributed by atoms with Gasteiger partial charge in [0.15, 0.2) is 5.16 Å². The van der Waals surface area contributed by atoms with Gasteiger partial charge in [-0.2, -0.15) is 0 Å². The van der Waals surface area contributed by atoms with E-state index in [4.69, 9.17) is 0 Å². The zero-order valence-electron chi connectivity index (χ0n) is 12.4. The summed E-state index contributed by atoms with van der Waals surface area (Å²) in [5.41, 5.74) is 0.521. The van der Waals surface area contributed by atoms with Gasteiger partial charge in [0.05, 0.1) is 5.69 Å². The number of nitrogens with one attached hydrogen (secondary N) is 1. The van der Waals surface area contributed by atoms with Crippen molar-refractivity contribution in [2.75, 3.05) is 29.6 Å². The summed E-state index contributed by atoms with van der Waals surface area (Å²) in [5.74, 6) is 1.19. The van der Waals surface area contributed by atoms with E-state index in [0.717, 1.165) is 12.4 Å². The number of nitrogens with zero attached hydrogens (tertiary/aromatic N) is 3. The molecule has 1 N–H and O–H groups in total. The van der Waals surface area contributed by atoms with Crippen LogP contribution in [0.2, 0.25) is 0 Å². The molecule has 112 valence electrons. The summed E-state index contributed by atoms with van der Waals surface area (Å²) in [6.45, 7) is 5.38. The molecule has 1 aromatic heterocycles. The molecule has 0 aliphatic heterocycles. The van der Waals surface area contributed by atoms with Crippen molar-refractivity contribution < 1.29 is 4.39 Å². The molecule has 4 nitrogen and oxygen atoms in total. The van der Waals surface area contributed by atoms with Crippen LogP contribution < -0.4 is 10.2 Å². The predicted molar refractivity (Wildman–Crippen MR) is 87.1 cm³/mol. The highest BCUT2D eigenvalue weighted by molar-refractivity contribution is 7.98. The monoisotopic (exact) mass is 306 g/mol. The summed E-state index contributed by atoms with van der Waals surface area (Å²) >= 11 is 1.47. The van der Waals surface area contributed by atoms with E-state index in [1.807, 2.05) is 37.1 Å². The normalized spacial score (nSPS) is 10.5. The second kappa shape index (κ2) is 7.26. The fourth-order valence-corrected chi connectivity index (χ4v) is 2.41. The van der Waals surface area contributed by atoms with Crippen LogP contribution in [0.3, 0.4) is 0 Å². The van der Waals surface area contributed by atoms with Crippen molar-refractivity contribution in [2.24, 2.45) is 0 Å². The van der Waals surface area contributed by atoms with E-state index in [1.54, 1.807) is 12.1 Å². The minimum Gasteiger partial charge on any atom is -0.370 e. The first-order valence-electron chi connectivity index (χ1n) is 6.88. The Morgan fingerprint density at radius 3 is 2.62 bits per heavy atom. The molecule has 0 radical (unpaired) electrons. The van der Waals surface area contributed by atoms with Gasteiger partial charge >= 0.3 is 0 Å². The van der Waals surface area contributed by atoms with Gasteiger partial charge in [-0.3, -0.25) is 0 Å². The highest BCUT2D eigenvalue weighted by Gasteiger charge is 2.15. The van der Waals surface area contributed by atoms with Gasteiger partial charge in [0.25, 0.3) is 0 Å². The Labute approximate surface area is 128 Å². The Morgan fingerprint density at radius 1 is 1.24 bits per heavy atom. The van der Waals surface area contributed by atoms with Crippen molar-refractivity contribution >= 4 is 29.1 Å². The molecule has 21 heavy (non-hydrogen) atoms. The van der Waals surface area contributed by atoms with Crippen molar-refractivity contribution in [3.05, 3.63) is 36.1 Å². The van der Waals surface area contributed by atoms with Crippen LogP contribution >= 0.6 is 11.8 Å². The number of benzene rings is 1. The summed E-state index contributed by atoms with van der Waals surface area (Å²) in [7, 11) is 0. The van der Waals surface area contributed by atoms with E-state index in [2.05, 4.69) is 15.3 Å². The molecule has 0 saturated carbocycles. The number of aromatic nitrogens is 2. The van der Waals surface area contributed by atoms with E-state index in [1.165, 1.54) is 17.8 Å². The summed E-state index contributed by atoms with van der Waals surface area (Å²) in [4.78, 5) is 10.7. The van der Waals surface area contributed by atoms with Crippen LogP contribution in [0.1, 0.15) is 13.8 Å². The smallest absolute Gasteiger partial charge is 0.191 e. The van der Waals surface area contributed by atoms with Gasteiger partial charge in [0.2, 0.25) is 0 Å². The molecule has 0 amide bonds. The lowest BCUT2D eigenvalue weighted by molar-refractivity contribution is 0.625. The third-order valence-electron chi connectivity index (χ3n) is 2.97. The van der Waals surface area contributed by atoms with Crippen molar-refractivity contribution in [2.45, 2.75) is 19.0 Å². The zero-order valence-corrected chi connectivity index (χ0v) is 13.2. The molecule has 1 aromatic carbocycles. The molecule has 0 fully saturated rings. The quantitative estimate of drug-likeness (QED) is 0.647. The number of hydrogen-bond donors (Lipinski definition) is 1. The van der Waals surface area contributed by atoms with E-state index >= 15 is 0 Å². The van der Waals surface area contributed by atoms with Gasteiger partial charge in [0, 0.05) is 19.2 Å². The number of thioether (sulfide) groups is 1. The Morgan fingerprint density at radius 2 is 2.00 bits per heavy atom. The Balaban J connectivity index is 2.46. The largest absolute Gasteiger partial charge is 0.370 e. The summed E-state index contributed by atoms with van der Waals surface area (Å²) in [6.07, 6.45) is 1.92. The molecule has 0 atom stereocenters. The third kappa shape index (κ3) is 3.64. The summed E-state index contributed by atoms with van der Waals surface area (Å²) in [6, 6.07) is 8.57. The highest BCUT2D eigenvalue weighted by Crippen LogP contribution is 2.28. The lowest BCUT2D eigenvalue weighted by atomic mass is 10.2. The van der Waals surface area contributed by atoms with E-state index in [0.29, 0.717) is 23.2 Å². The first-order chi connectivity index (χ1) is 10.2. The lowest BCUT2D eigenvalue weighted by Gasteiger charge is -2.23. The average Bonchev–Trinajstić information content (AvgIpc) is 2.50. The summed E-state index contributed by atoms with van der Waals surface area (Å²) < 4.78 is 14.0. The Hall–Kier alpha value is -1.82. The Bertz CT molecular complexity index is 606. The van der Waals surface area contributed by atoms with Crippen LogP contribution in [0.25, 0.3) is 0 Å². The zero-order chi connectivity index (χ0) is 15.2. The molecule has 1 heterocycles. The minimum absolute atomic E-state index is 0.256.